The summed E-state index contributed by atoms with van der Waals surface area (Å²) in [4.78, 5) is 58.4. The molecule has 4 aromatic rings. The molecule has 13 heteroatoms. The minimum atomic E-state index is -1.99. The largest absolute Gasteiger partial charge is 0.458 e. The Labute approximate surface area is 313 Å². The number of aromatic nitrogens is 2. The van der Waals surface area contributed by atoms with Gasteiger partial charge in [-0.3, -0.25) is 9.59 Å². The molecule has 0 spiro atoms. The average molecular weight is 756 g/mol. The molecular formula is C40H38FN3O7S2. The van der Waals surface area contributed by atoms with Crippen molar-refractivity contribution in [1.29, 1.82) is 0 Å². The van der Waals surface area contributed by atoms with Crippen molar-refractivity contribution >= 4 is 49.7 Å². The average Bonchev–Trinajstić information content (AvgIpc) is 3.50. The number of carbonyl (C=O) groups is 3. The van der Waals surface area contributed by atoms with Crippen LogP contribution in [0.25, 0.3) is 22.3 Å². The molecule has 2 aromatic carbocycles. The summed E-state index contributed by atoms with van der Waals surface area (Å²) in [5.74, 6) is -1.22. The summed E-state index contributed by atoms with van der Waals surface area (Å²) in [5, 5.41) is 14.9. The Balaban J connectivity index is 1.16. The second kappa shape index (κ2) is 12.9. The second-order valence-electron chi connectivity index (χ2n) is 15.2. The number of alkyl carbamates (subject to hydrolysis) is 1. The van der Waals surface area contributed by atoms with Gasteiger partial charge in [0.15, 0.2) is 5.60 Å². The summed E-state index contributed by atoms with van der Waals surface area (Å²) in [6, 6.07) is 12.4. The molecule has 4 heterocycles. The lowest BCUT2D eigenvalue weighted by Gasteiger charge is -2.33. The van der Waals surface area contributed by atoms with Crippen molar-refractivity contribution in [3.05, 3.63) is 97.1 Å². The first kappa shape index (κ1) is 35.6. The van der Waals surface area contributed by atoms with E-state index in [1.54, 1.807) is 30.5 Å². The predicted octanol–water partition coefficient (Wildman–Crippen LogP) is 6.85. The number of aryl methyl sites for hydroxylation is 1. The van der Waals surface area contributed by atoms with Crippen LogP contribution < -0.4 is 10.9 Å². The lowest BCUT2D eigenvalue weighted by Crippen LogP contribution is -2.44. The SMILES string of the molecule is CC[C@@]1(O)C(=O)OCc2c1cc1n(c2=O)Cc2c-1nc1cc(F)c(C)c3c1c2[C@@H](NC(=O)O[C@H]1CCc2c#cccc2[C@@H]1SSC(=O)C(C)(C)C)CC3. The van der Waals surface area contributed by atoms with Gasteiger partial charge in [-0.2, -0.15) is 0 Å². The summed E-state index contributed by atoms with van der Waals surface area (Å²) in [5.41, 5.74) is 3.33. The van der Waals surface area contributed by atoms with Crippen molar-refractivity contribution < 1.29 is 33.4 Å². The number of nitrogens with one attached hydrogen (secondary N) is 1. The number of cyclic esters (lactones) is 1. The highest BCUT2D eigenvalue weighted by atomic mass is 33.1. The van der Waals surface area contributed by atoms with Crippen LogP contribution in [0, 0.1) is 30.3 Å². The molecule has 8 rings (SSSR count). The first-order valence-electron chi connectivity index (χ1n) is 17.8. The molecular weight excluding hydrogens is 718 g/mol. The highest BCUT2D eigenvalue weighted by Crippen LogP contribution is 2.49. The van der Waals surface area contributed by atoms with Crippen LogP contribution in [-0.2, 0) is 50.7 Å². The summed E-state index contributed by atoms with van der Waals surface area (Å²) in [6.07, 6.45) is 0.953. The molecule has 0 fully saturated rings. The zero-order valence-electron chi connectivity index (χ0n) is 30.0. The minimum Gasteiger partial charge on any atom is -0.458 e. The van der Waals surface area contributed by atoms with E-state index < -0.39 is 46.6 Å². The van der Waals surface area contributed by atoms with Crippen molar-refractivity contribution in [2.24, 2.45) is 5.41 Å². The number of fused-ring (bicyclic) bond motifs is 6. The van der Waals surface area contributed by atoms with E-state index in [-0.39, 0.29) is 41.1 Å². The first-order valence-corrected chi connectivity index (χ1v) is 20.0. The third-order valence-corrected chi connectivity index (χ3v) is 14.0. The molecule has 2 aliphatic carbocycles. The van der Waals surface area contributed by atoms with E-state index in [4.69, 9.17) is 14.5 Å². The van der Waals surface area contributed by atoms with Crippen molar-refractivity contribution in [3.63, 3.8) is 0 Å². The van der Waals surface area contributed by atoms with Gasteiger partial charge in [0.1, 0.15) is 18.5 Å². The lowest BCUT2D eigenvalue weighted by atomic mass is 9.81. The number of nitrogens with zero attached hydrogens (tertiary/aromatic N) is 2. The Morgan fingerprint density at radius 3 is 2.74 bits per heavy atom. The molecule has 53 heavy (non-hydrogen) atoms. The number of carbonyl (C=O) groups excluding carboxylic acids is 3. The Morgan fingerprint density at radius 1 is 1.19 bits per heavy atom. The van der Waals surface area contributed by atoms with E-state index in [0.29, 0.717) is 53.7 Å². The molecule has 0 saturated heterocycles. The summed E-state index contributed by atoms with van der Waals surface area (Å²) < 4.78 is 28.3. The molecule has 0 unspecified atom stereocenters. The molecule has 1 amide bonds. The van der Waals surface area contributed by atoms with Crippen molar-refractivity contribution in [3.8, 4) is 11.4 Å². The zero-order valence-corrected chi connectivity index (χ0v) is 31.6. The van der Waals surface area contributed by atoms with Crippen molar-refractivity contribution in [2.75, 3.05) is 0 Å². The smallest absolute Gasteiger partial charge is 0.407 e. The van der Waals surface area contributed by atoms with Gasteiger partial charge >= 0.3 is 12.1 Å². The first-order chi connectivity index (χ1) is 25.2. The molecule has 0 bridgehead atoms. The van der Waals surface area contributed by atoms with E-state index in [1.165, 1.54) is 16.9 Å². The van der Waals surface area contributed by atoms with Crippen molar-refractivity contribution in [2.45, 2.75) is 103 Å². The third kappa shape index (κ3) is 5.72. The maximum Gasteiger partial charge on any atom is 0.407 e. The van der Waals surface area contributed by atoms with Gasteiger partial charge in [0.05, 0.1) is 40.3 Å². The van der Waals surface area contributed by atoms with Gasteiger partial charge < -0.3 is 24.5 Å². The molecule has 4 aliphatic rings. The van der Waals surface area contributed by atoms with Crippen LogP contribution in [0.2, 0.25) is 0 Å². The van der Waals surface area contributed by atoms with E-state index >= 15 is 4.39 Å². The Bertz CT molecular complexity index is 2320. The minimum absolute atomic E-state index is 0.00115. The van der Waals surface area contributed by atoms with Crippen LogP contribution in [0.1, 0.15) is 103 Å². The lowest BCUT2D eigenvalue weighted by molar-refractivity contribution is -0.172. The number of pyridine rings is 2. The van der Waals surface area contributed by atoms with Gasteiger partial charge in [-0.05, 0) is 90.3 Å². The van der Waals surface area contributed by atoms with Crippen LogP contribution >= 0.6 is 21.6 Å². The fraction of sp³-hybridized carbons (Fsp3) is 0.425. The Kier molecular flexibility index (Phi) is 8.67. The van der Waals surface area contributed by atoms with Gasteiger partial charge in [-0.1, -0.05) is 50.6 Å². The number of amides is 1. The molecule has 2 aromatic heterocycles. The molecule has 2 N–H and O–H groups in total. The number of rotatable bonds is 5. The normalized spacial score (nSPS) is 22.5. The van der Waals surface area contributed by atoms with Crippen LogP contribution in [0.15, 0.2) is 29.1 Å². The number of hydrogen-bond acceptors (Lipinski definition) is 10. The number of esters is 1. The molecule has 274 valence electrons. The molecule has 0 saturated carbocycles. The van der Waals surface area contributed by atoms with Gasteiger partial charge in [0, 0.05) is 33.6 Å². The standard InChI is InChI=1S/C40H38FN3O7S2/c1-6-40(49)25-15-29-33-23(17-44(29)35(45)24(25)18-50-36(40)46)32-27(13-12-21-19(2)26(41)16-28(42-33)31(21)32)43-38(48)51-30-14-11-20-9-7-8-10-22(20)34(30)52-53-37(47)39(3,4)5/h8,10,15-16,27,30,34,49H,6,11-14,17-18H2,1-5H3,(H,43,48)/t27-,30-,34-,40-/m0/s1. The van der Waals surface area contributed by atoms with Gasteiger partial charge in [-0.25, -0.2) is 19.0 Å². The maximum absolute atomic E-state index is 15.4. The third-order valence-electron chi connectivity index (χ3n) is 11.0. The summed E-state index contributed by atoms with van der Waals surface area (Å²) >= 11 is 0. The Morgan fingerprint density at radius 2 is 1.98 bits per heavy atom. The monoisotopic (exact) mass is 755 g/mol. The highest BCUT2D eigenvalue weighted by Gasteiger charge is 2.46. The summed E-state index contributed by atoms with van der Waals surface area (Å²) in [7, 11) is 2.55. The van der Waals surface area contributed by atoms with Crippen LogP contribution in [0.4, 0.5) is 9.18 Å². The second-order valence-corrected chi connectivity index (χ2v) is 17.5. The number of benzene rings is 1. The zero-order chi connectivity index (χ0) is 37.6. The van der Waals surface area contributed by atoms with E-state index in [1.807, 2.05) is 26.8 Å². The molecule has 10 nitrogen and oxygen atoms in total. The number of hydrogen-bond donors (Lipinski definition) is 2. The van der Waals surface area contributed by atoms with Gasteiger partial charge in [0.25, 0.3) is 5.56 Å². The van der Waals surface area contributed by atoms with Gasteiger partial charge in [0.2, 0.25) is 5.12 Å². The molecule has 2 aliphatic heterocycles. The maximum atomic E-state index is 15.4. The topological polar surface area (TPSA) is 137 Å². The van der Waals surface area contributed by atoms with Crippen LogP contribution in [-0.4, -0.2) is 37.9 Å². The van der Waals surface area contributed by atoms with E-state index in [9.17, 15) is 24.3 Å². The quantitative estimate of drug-likeness (QED) is 0.145. The van der Waals surface area contributed by atoms with E-state index in [0.717, 1.165) is 38.4 Å². The Hall–Kier alpha value is -4.38. The highest BCUT2D eigenvalue weighted by molar-refractivity contribution is 8.82. The molecule has 0 radical (unpaired) electrons. The fourth-order valence-corrected chi connectivity index (χ4v) is 11.1. The number of aliphatic hydroxyl groups is 1. The predicted molar refractivity (Wildman–Crippen MR) is 199 cm³/mol. The van der Waals surface area contributed by atoms with Crippen LogP contribution in [0.5, 0.6) is 0 Å². The number of ether oxygens (including phenoxy) is 2. The summed E-state index contributed by atoms with van der Waals surface area (Å²) in [6.45, 7) is 8.85. The van der Waals surface area contributed by atoms with Crippen molar-refractivity contribution in [1.82, 2.24) is 14.9 Å². The molecule has 4 atom stereocenters. The van der Waals surface area contributed by atoms with E-state index in [2.05, 4.69) is 17.4 Å². The van der Waals surface area contributed by atoms with Crippen LogP contribution in [0.3, 0.4) is 0 Å². The number of halogens is 1. The fourth-order valence-electron chi connectivity index (χ4n) is 8.01. The van der Waals surface area contributed by atoms with Gasteiger partial charge in [-0.15, -0.1) is 0 Å².